The van der Waals surface area contributed by atoms with Crippen molar-refractivity contribution in [2.75, 3.05) is 5.32 Å². The van der Waals surface area contributed by atoms with Gasteiger partial charge in [0.05, 0.1) is 21.0 Å². The van der Waals surface area contributed by atoms with Gasteiger partial charge in [-0.15, -0.1) is 0 Å². The first-order valence-corrected chi connectivity index (χ1v) is 11.5. The Kier molecular flexibility index (Phi) is 6.37. The number of carbonyl (C=O) groups is 1. The largest absolute Gasteiger partial charge is 0.361 e. The molecule has 32 heavy (non-hydrogen) atoms. The zero-order valence-corrected chi connectivity index (χ0v) is 20.2. The van der Waals surface area contributed by atoms with Crippen molar-refractivity contribution in [3.05, 3.63) is 64.3 Å². The number of rotatable bonds is 4. The van der Waals surface area contributed by atoms with E-state index >= 15 is 0 Å². The number of thioether (sulfide) groups is 1. The van der Waals surface area contributed by atoms with Crippen LogP contribution in [-0.2, 0) is 0 Å². The molecule has 11 heteroatoms. The summed E-state index contributed by atoms with van der Waals surface area (Å²) < 4.78 is -0.185. The zero-order valence-electron chi connectivity index (χ0n) is 17.0. The zero-order chi connectivity index (χ0) is 23.0. The fraction of sp³-hybridized carbons (Fsp3) is 0.190. The minimum Gasteiger partial charge on any atom is -0.361 e. The van der Waals surface area contributed by atoms with E-state index in [0.717, 1.165) is 16.5 Å². The van der Waals surface area contributed by atoms with Crippen LogP contribution in [0.25, 0.3) is 10.9 Å². The fourth-order valence-electron chi connectivity index (χ4n) is 3.42. The molecule has 3 aromatic rings. The second-order valence-electron chi connectivity index (χ2n) is 7.63. The van der Waals surface area contributed by atoms with E-state index in [1.165, 1.54) is 22.8 Å². The molecule has 1 atom stereocenters. The van der Waals surface area contributed by atoms with Gasteiger partial charge < -0.3 is 10.3 Å². The Morgan fingerprint density at radius 1 is 1.31 bits per heavy atom. The summed E-state index contributed by atoms with van der Waals surface area (Å²) in [6.07, 6.45) is 2.66. The van der Waals surface area contributed by atoms with Gasteiger partial charge in [0, 0.05) is 28.4 Å². The van der Waals surface area contributed by atoms with E-state index in [-0.39, 0.29) is 5.02 Å². The number of carbonyl (C=O) groups excluding carboxylic acids is 1. The van der Waals surface area contributed by atoms with Crippen LogP contribution in [0.1, 0.15) is 19.4 Å². The standard InChI is InChI=1S/C21H19Cl2N5O2S2/c1-21(2)18(28(30)19(29)26-13-7-8-15(22)16(23)9-13)27(20(31)32-21)25-11-12-10-24-17-6-4-3-5-14(12)17/h3-11,18,24,30H,1-2H3,(H,26,29)/b25-11-/t18-/m1/s1. The van der Waals surface area contributed by atoms with Crippen molar-refractivity contribution in [2.45, 2.75) is 24.8 Å². The third kappa shape index (κ3) is 4.44. The molecule has 2 aromatic carbocycles. The Balaban J connectivity index is 1.58. The van der Waals surface area contributed by atoms with E-state index < -0.39 is 16.9 Å². The SMILES string of the molecule is CC1(C)SC(=S)N(/N=C\c2c[nH]c3ccccc23)[C@@H]1N(O)C(=O)Nc1ccc(Cl)c(Cl)c1. The number of nitrogens with zero attached hydrogens (tertiary/aromatic N) is 3. The van der Waals surface area contributed by atoms with Crippen molar-refractivity contribution < 1.29 is 10.0 Å². The summed E-state index contributed by atoms with van der Waals surface area (Å²) >= 11 is 18.8. The fourth-order valence-corrected chi connectivity index (χ4v) is 5.50. The van der Waals surface area contributed by atoms with Gasteiger partial charge in [-0.25, -0.2) is 9.80 Å². The van der Waals surface area contributed by atoms with Crippen LogP contribution < -0.4 is 5.32 Å². The number of para-hydroxylation sites is 1. The second kappa shape index (κ2) is 8.92. The average Bonchev–Trinajstić information content (AvgIpc) is 3.25. The number of hydroxylamine groups is 2. The number of urea groups is 1. The molecule has 1 aromatic heterocycles. The second-order valence-corrected chi connectivity index (χ2v) is 10.7. The molecule has 0 spiro atoms. The molecule has 0 radical (unpaired) electrons. The number of amides is 2. The van der Waals surface area contributed by atoms with Crippen LogP contribution in [-0.4, -0.2) is 47.7 Å². The average molecular weight is 508 g/mol. The number of hydrazone groups is 1. The van der Waals surface area contributed by atoms with E-state index in [0.29, 0.717) is 20.1 Å². The summed E-state index contributed by atoms with van der Waals surface area (Å²) in [6.45, 7) is 3.76. The predicted octanol–water partition coefficient (Wildman–Crippen LogP) is 6.17. The summed E-state index contributed by atoms with van der Waals surface area (Å²) in [5.74, 6) is 0. The number of anilines is 1. The van der Waals surface area contributed by atoms with Gasteiger partial charge in [0.1, 0.15) is 0 Å². The van der Waals surface area contributed by atoms with E-state index in [1.54, 1.807) is 18.3 Å². The number of thiocarbonyl (C=S) groups is 1. The Hall–Kier alpha value is -2.30. The van der Waals surface area contributed by atoms with Crippen molar-refractivity contribution in [3.63, 3.8) is 0 Å². The monoisotopic (exact) mass is 507 g/mol. The minimum atomic E-state index is -0.843. The molecule has 1 fully saturated rings. The maximum absolute atomic E-state index is 12.8. The molecule has 4 rings (SSSR count). The number of nitrogens with one attached hydrogen (secondary N) is 2. The van der Waals surface area contributed by atoms with Crippen molar-refractivity contribution in [3.8, 4) is 0 Å². The Bertz CT molecular complexity index is 1230. The first-order valence-electron chi connectivity index (χ1n) is 9.54. The highest BCUT2D eigenvalue weighted by Gasteiger charge is 2.50. The molecule has 0 bridgehead atoms. The topological polar surface area (TPSA) is 84.0 Å². The van der Waals surface area contributed by atoms with Crippen LogP contribution in [0.15, 0.2) is 53.8 Å². The van der Waals surface area contributed by atoms with Crippen molar-refractivity contribution in [1.29, 1.82) is 0 Å². The number of fused-ring (bicyclic) bond motifs is 1. The third-order valence-corrected chi connectivity index (χ3v) is 7.22. The lowest BCUT2D eigenvalue weighted by Gasteiger charge is -2.34. The van der Waals surface area contributed by atoms with Crippen LogP contribution >= 0.6 is 47.2 Å². The molecule has 7 nitrogen and oxygen atoms in total. The highest BCUT2D eigenvalue weighted by molar-refractivity contribution is 8.24. The molecule has 0 unspecified atom stereocenters. The summed E-state index contributed by atoms with van der Waals surface area (Å²) in [6, 6.07) is 11.7. The summed E-state index contributed by atoms with van der Waals surface area (Å²) in [4.78, 5) is 16.0. The molecule has 1 aliphatic rings. The van der Waals surface area contributed by atoms with Gasteiger partial charge in [-0.2, -0.15) is 10.2 Å². The van der Waals surface area contributed by atoms with Gasteiger partial charge in [-0.1, -0.05) is 65.4 Å². The van der Waals surface area contributed by atoms with Crippen LogP contribution in [0.4, 0.5) is 10.5 Å². The Morgan fingerprint density at radius 3 is 2.81 bits per heavy atom. The first-order chi connectivity index (χ1) is 15.2. The Morgan fingerprint density at radius 2 is 2.06 bits per heavy atom. The van der Waals surface area contributed by atoms with Gasteiger partial charge in [0.2, 0.25) is 0 Å². The van der Waals surface area contributed by atoms with E-state index in [4.69, 9.17) is 35.4 Å². The van der Waals surface area contributed by atoms with Crippen LogP contribution in [0.3, 0.4) is 0 Å². The number of H-pyrrole nitrogens is 1. The molecule has 0 aliphatic carbocycles. The summed E-state index contributed by atoms with van der Waals surface area (Å²) in [5.41, 5.74) is 2.24. The number of aromatic amines is 1. The number of hydrogen-bond donors (Lipinski definition) is 3. The quantitative estimate of drug-likeness (QED) is 0.170. The van der Waals surface area contributed by atoms with Crippen LogP contribution in [0.2, 0.25) is 10.0 Å². The molecule has 1 saturated heterocycles. The van der Waals surface area contributed by atoms with Gasteiger partial charge in [-0.05, 0) is 38.1 Å². The van der Waals surface area contributed by atoms with Crippen molar-refractivity contribution in [1.82, 2.24) is 15.1 Å². The summed E-state index contributed by atoms with van der Waals surface area (Å²) in [5, 5.41) is 21.7. The highest BCUT2D eigenvalue weighted by atomic mass is 35.5. The molecular formula is C21H19Cl2N5O2S2. The van der Waals surface area contributed by atoms with E-state index in [9.17, 15) is 10.0 Å². The third-order valence-electron chi connectivity index (χ3n) is 4.94. The maximum atomic E-state index is 12.8. The van der Waals surface area contributed by atoms with Crippen molar-refractivity contribution in [2.24, 2.45) is 5.10 Å². The molecular weight excluding hydrogens is 489 g/mol. The summed E-state index contributed by atoms with van der Waals surface area (Å²) in [7, 11) is 0. The van der Waals surface area contributed by atoms with Crippen molar-refractivity contribution >= 4 is 80.3 Å². The lowest BCUT2D eigenvalue weighted by molar-refractivity contribution is -0.114. The molecule has 0 saturated carbocycles. The molecule has 1 aliphatic heterocycles. The van der Waals surface area contributed by atoms with E-state index in [1.807, 2.05) is 44.3 Å². The lowest BCUT2D eigenvalue weighted by Crippen LogP contribution is -2.54. The highest BCUT2D eigenvalue weighted by Crippen LogP contribution is 2.42. The van der Waals surface area contributed by atoms with Crippen LogP contribution in [0, 0.1) is 0 Å². The number of benzene rings is 2. The van der Waals surface area contributed by atoms with Gasteiger partial charge >= 0.3 is 6.03 Å². The Labute approximate surface area is 204 Å². The number of aromatic nitrogens is 1. The van der Waals surface area contributed by atoms with Crippen LogP contribution in [0.5, 0.6) is 0 Å². The first kappa shape index (κ1) is 22.9. The number of hydrogen-bond acceptors (Lipinski definition) is 5. The lowest BCUT2D eigenvalue weighted by atomic mass is 10.1. The molecule has 166 valence electrons. The van der Waals surface area contributed by atoms with Gasteiger partial charge in [-0.3, -0.25) is 5.21 Å². The minimum absolute atomic E-state index is 0.289. The normalized spacial score (nSPS) is 18.0. The predicted molar refractivity (Wildman–Crippen MR) is 135 cm³/mol. The number of halogens is 2. The molecule has 2 heterocycles. The molecule has 3 N–H and O–H groups in total. The van der Waals surface area contributed by atoms with E-state index in [2.05, 4.69) is 15.4 Å². The smallest absolute Gasteiger partial charge is 0.347 e. The maximum Gasteiger partial charge on any atom is 0.347 e. The van der Waals surface area contributed by atoms with Gasteiger partial charge in [0.15, 0.2) is 10.5 Å². The van der Waals surface area contributed by atoms with Gasteiger partial charge in [0.25, 0.3) is 0 Å². The molecule has 2 amide bonds.